The lowest BCUT2D eigenvalue weighted by atomic mass is 10.1. The molecule has 0 bridgehead atoms. The van der Waals surface area contributed by atoms with Crippen LogP contribution in [-0.2, 0) is 21.3 Å². The molecule has 2 heterocycles. The number of benzene rings is 1. The zero-order chi connectivity index (χ0) is 21.7. The largest absolute Gasteiger partial charge is 0.465 e. The molecule has 1 aliphatic heterocycles. The number of anilines is 1. The highest BCUT2D eigenvalue weighted by atomic mass is 32.2. The fraction of sp³-hybridized carbons (Fsp3) is 0.429. The van der Waals surface area contributed by atoms with Crippen molar-refractivity contribution in [2.75, 3.05) is 44.7 Å². The van der Waals surface area contributed by atoms with Crippen LogP contribution in [0.5, 0.6) is 0 Å². The van der Waals surface area contributed by atoms with Crippen molar-refractivity contribution >= 4 is 21.8 Å². The van der Waals surface area contributed by atoms with Gasteiger partial charge in [0.15, 0.2) is 0 Å². The van der Waals surface area contributed by atoms with Crippen molar-refractivity contribution in [3.63, 3.8) is 0 Å². The fourth-order valence-corrected chi connectivity index (χ4v) is 4.70. The lowest BCUT2D eigenvalue weighted by molar-refractivity contribution is 0.0600. The van der Waals surface area contributed by atoms with Gasteiger partial charge >= 0.3 is 5.97 Å². The number of ether oxygens (including phenoxy) is 1. The van der Waals surface area contributed by atoms with Gasteiger partial charge in [0, 0.05) is 38.9 Å². The van der Waals surface area contributed by atoms with E-state index in [4.69, 9.17) is 0 Å². The topological polar surface area (TPSA) is 91.8 Å². The van der Waals surface area contributed by atoms with E-state index < -0.39 is 16.0 Å². The van der Waals surface area contributed by atoms with Crippen molar-refractivity contribution in [3.8, 4) is 0 Å². The van der Waals surface area contributed by atoms with Gasteiger partial charge in [-0.3, -0.25) is 0 Å². The van der Waals surface area contributed by atoms with E-state index in [1.54, 1.807) is 13.1 Å². The monoisotopic (exact) mass is 432 g/mol. The van der Waals surface area contributed by atoms with E-state index in [9.17, 15) is 13.2 Å². The highest BCUT2D eigenvalue weighted by Crippen LogP contribution is 2.18. The van der Waals surface area contributed by atoms with Gasteiger partial charge in [-0.15, -0.1) is 0 Å². The predicted octanol–water partition coefficient (Wildman–Crippen LogP) is 1.80. The van der Waals surface area contributed by atoms with Gasteiger partial charge in [0.25, 0.3) is 0 Å². The number of rotatable bonds is 7. The van der Waals surface area contributed by atoms with Crippen molar-refractivity contribution in [1.82, 2.24) is 14.6 Å². The summed E-state index contributed by atoms with van der Waals surface area (Å²) >= 11 is 0. The lowest BCUT2D eigenvalue weighted by Gasteiger charge is -2.34. The number of aromatic nitrogens is 1. The van der Waals surface area contributed by atoms with E-state index in [-0.39, 0.29) is 11.4 Å². The van der Waals surface area contributed by atoms with Gasteiger partial charge in [-0.1, -0.05) is 13.0 Å². The van der Waals surface area contributed by atoms with Crippen LogP contribution in [0.25, 0.3) is 0 Å². The Morgan fingerprint density at radius 3 is 2.47 bits per heavy atom. The van der Waals surface area contributed by atoms with Crippen LogP contribution >= 0.6 is 0 Å². The Morgan fingerprint density at radius 2 is 1.90 bits per heavy atom. The number of carbonyl (C=O) groups excluding carboxylic acids is 1. The molecule has 9 heteroatoms. The van der Waals surface area contributed by atoms with Crippen LogP contribution in [0.3, 0.4) is 0 Å². The first-order valence-corrected chi connectivity index (χ1v) is 11.4. The van der Waals surface area contributed by atoms with Crippen LogP contribution < -0.4 is 9.62 Å². The maximum absolute atomic E-state index is 12.7. The standard InChI is InChI=1S/C21H28N4O4S/c1-4-24-9-11-25(12-10-24)20-8-5-17(14-22-20)15-23-30(27,28)19-7-6-18(13-16(19)2)21(26)29-3/h5-8,13-14,23H,4,9-12,15H2,1-3H3. The number of aryl methyl sites for hydroxylation is 1. The molecular formula is C21H28N4O4S. The van der Waals surface area contributed by atoms with E-state index >= 15 is 0 Å². The van der Waals surface area contributed by atoms with Crippen LogP contribution in [0.1, 0.15) is 28.4 Å². The molecule has 30 heavy (non-hydrogen) atoms. The summed E-state index contributed by atoms with van der Waals surface area (Å²) in [6.45, 7) is 8.93. The van der Waals surface area contributed by atoms with Crippen molar-refractivity contribution in [2.24, 2.45) is 0 Å². The first-order chi connectivity index (χ1) is 14.3. The SMILES string of the molecule is CCN1CCN(c2ccc(CNS(=O)(=O)c3ccc(C(=O)OC)cc3C)cn2)CC1. The molecule has 1 aromatic carbocycles. The predicted molar refractivity (Wildman–Crippen MR) is 115 cm³/mol. The summed E-state index contributed by atoms with van der Waals surface area (Å²) in [6, 6.07) is 8.20. The van der Waals surface area contributed by atoms with E-state index in [1.807, 2.05) is 12.1 Å². The molecule has 0 amide bonds. The minimum Gasteiger partial charge on any atom is -0.465 e. The Labute approximate surface area is 177 Å². The third-order valence-electron chi connectivity index (χ3n) is 5.30. The second-order valence-corrected chi connectivity index (χ2v) is 8.98. The lowest BCUT2D eigenvalue weighted by Crippen LogP contribution is -2.46. The minimum absolute atomic E-state index is 0.133. The van der Waals surface area contributed by atoms with Gasteiger partial charge in [-0.25, -0.2) is 22.9 Å². The van der Waals surface area contributed by atoms with E-state index in [2.05, 4.69) is 31.2 Å². The summed E-state index contributed by atoms with van der Waals surface area (Å²) in [5, 5.41) is 0. The van der Waals surface area contributed by atoms with Gasteiger partial charge in [0.1, 0.15) is 5.82 Å². The minimum atomic E-state index is -3.72. The molecule has 1 N–H and O–H groups in total. The molecule has 8 nitrogen and oxygen atoms in total. The molecule has 0 radical (unpaired) electrons. The fourth-order valence-electron chi connectivity index (χ4n) is 3.45. The van der Waals surface area contributed by atoms with E-state index in [1.165, 1.54) is 25.3 Å². The summed E-state index contributed by atoms with van der Waals surface area (Å²) in [6.07, 6.45) is 1.71. The van der Waals surface area contributed by atoms with E-state index in [0.29, 0.717) is 11.1 Å². The van der Waals surface area contributed by atoms with Crippen LogP contribution in [0.2, 0.25) is 0 Å². The number of hydrogen-bond donors (Lipinski definition) is 1. The van der Waals surface area contributed by atoms with Crippen LogP contribution in [-0.4, -0.2) is 64.1 Å². The molecule has 162 valence electrons. The Hall–Kier alpha value is -2.49. The normalized spacial score (nSPS) is 15.2. The molecule has 1 saturated heterocycles. The summed E-state index contributed by atoms with van der Waals surface area (Å²) in [7, 11) is -2.44. The Morgan fingerprint density at radius 1 is 1.17 bits per heavy atom. The number of likely N-dealkylation sites (N-methyl/N-ethyl adjacent to an activating group) is 1. The molecule has 3 rings (SSSR count). The molecule has 0 spiro atoms. The molecule has 1 aromatic heterocycles. The van der Waals surface area contributed by atoms with Crippen molar-refractivity contribution in [2.45, 2.75) is 25.3 Å². The number of esters is 1. The number of hydrogen-bond acceptors (Lipinski definition) is 7. The second-order valence-electron chi connectivity index (χ2n) is 7.24. The third-order valence-corrected chi connectivity index (χ3v) is 6.87. The van der Waals surface area contributed by atoms with Crippen LogP contribution in [0, 0.1) is 6.92 Å². The number of nitrogens with one attached hydrogen (secondary N) is 1. The van der Waals surface area contributed by atoms with Gasteiger partial charge < -0.3 is 14.5 Å². The maximum Gasteiger partial charge on any atom is 0.337 e. The molecule has 1 fully saturated rings. The number of nitrogens with zero attached hydrogens (tertiary/aromatic N) is 3. The number of pyridine rings is 1. The molecule has 1 aliphatic rings. The summed E-state index contributed by atoms with van der Waals surface area (Å²) < 4.78 is 32.7. The van der Waals surface area contributed by atoms with E-state index in [0.717, 1.165) is 44.1 Å². The second kappa shape index (κ2) is 9.55. The van der Waals surface area contributed by atoms with Gasteiger partial charge in [-0.2, -0.15) is 0 Å². The van der Waals surface area contributed by atoms with Crippen LogP contribution in [0.15, 0.2) is 41.4 Å². The molecule has 0 aliphatic carbocycles. The number of methoxy groups -OCH3 is 1. The first kappa shape index (κ1) is 22.2. The third kappa shape index (κ3) is 5.16. The zero-order valence-corrected chi connectivity index (χ0v) is 18.4. The Balaban J connectivity index is 1.63. The highest BCUT2D eigenvalue weighted by molar-refractivity contribution is 7.89. The molecule has 0 saturated carbocycles. The summed E-state index contributed by atoms with van der Waals surface area (Å²) in [4.78, 5) is 20.9. The van der Waals surface area contributed by atoms with Crippen molar-refractivity contribution in [1.29, 1.82) is 0 Å². The first-order valence-electron chi connectivity index (χ1n) is 9.95. The van der Waals surface area contributed by atoms with Gasteiger partial charge in [0.2, 0.25) is 10.0 Å². The summed E-state index contributed by atoms with van der Waals surface area (Å²) in [5.74, 6) is 0.406. The van der Waals surface area contributed by atoms with Crippen molar-refractivity contribution < 1.29 is 17.9 Å². The maximum atomic E-state index is 12.7. The number of piperazine rings is 1. The van der Waals surface area contributed by atoms with Gasteiger partial charge in [-0.05, 0) is 48.9 Å². The highest BCUT2D eigenvalue weighted by Gasteiger charge is 2.19. The Bertz CT molecular complexity index is 985. The Kier molecular flexibility index (Phi) is 7.06. The smallest absolute Gasteiger partial charge is 0.337 e. The van der Waals surface area contributed by atoms with Crippen molar-refractivity contribution in [3.05, 3.63) is 53.2 Å². The number of carbonyl (C=O) groups is 1. The van der Waals surface area contributed by atoms with Crippen LogP contribution in [0.4, 0.5) is 5.82 Å². The van der Waals surface area contributed by atoms with Gasteiger partial charge in [0.05, 0.1) is 17.6 Å². The molecule has 0 unspecified atom stereocenters. The summed E-state index contributed by atoms with van der Waals surface area (Å²) in [5.41, 5.74) is 1.57. The zero-order valence-electron chi connectivity index (χ0n) is 17.6. The molecule has 2 aromatic rings. The molecular weight excluding hydrogens is 404 g/mol. The quantitative estimate of drug-likeness (QED) is 0.667. The molecule has 0 atom stereocenters. The average molecular weight is 433 g/mol. The number of sulfonamides is 1. The average Bonchev–Trinajstić information content (AvgIpc) is 2.77.